The fraction of sp³-hybridized carbons (Fsp3) is 0.467. The van der Waals surface area contributed by atoms with Gasteiger partial charge < -0.3 is 5.11 Å². The molecule has 0 aromatic heterocycles. The first-order chi connectivity index (χ1) is 7.79. The molecule has 0 radical (unpaired) electrons. The Morgan fingerprint density at radius 1 is 1.35 bits per heavy atom. The molecule has 1 rings (SSSR count). The predicted molar refractivity (Wildman–Crippen MR) is 73.0 cm³/mol. The number of benzene rings is 1. The zero-order valence-electron chi connectivity index (χ0n) is 10.8. The van der Waals surface area contributed by atoms with Gasteiger partial charge in [0.25, 0.3) is 0 Å². The van der Waals surface area contributed by atoms with Crippen LogP contribution in [0.25, 0.3) is 0 Å². The second kappa shape index (κ2) is 5.58. The van der Waals surface area contributed by atoms with Gasteiger partial charge in [0.2, 0.25) is 0 Å². The van der Waals surface area contributed by atoms with Gasteiger partial charge in [-0.2, -0.15) is 0 Å². The standard InChI is InChI=1S/C15H19ClO/c1-11-7-8-12(16)10-13(11)14(17)6-5-9-15(2,3)4/h7-8,10,14,17H,6H2,1-4H3. The van der Waals surface area contributed by atoms with Crippen LogP contribution in [0.2, 0.25) is 5.02 Å². The van der Waals surface area contributed by atoms with Crippen LogP contribution in [-0.2, 0) is 0 Å². The Morgan fingerprint density at radius 2 is 2.00 bits per heavy atom. The Bertz CT molecular complexity index is 446. The molecule has 1 atom stereocenters. The lowest BCUT2D eigenvalue weighted by molar-refractivity contribution is 0.183. The minimum atomic E-state index is -0.566. The second-order valence-corrected chi connectivity index (χ2v) is 5.71. The molecule has 2 heteroatoms. The van der Waals surface area contributed by atoms with Crippen molar-refractivity contribution >= 4 is 11.6 Å². The highest BCUT2D eigenvalue weighted by Gasteiger charge is 2.10. The van der Waals surface area contributed by atoms with E-state index in [2.05, 4.69) is 32.6 Å². The summed E-state index contributed by atoms with van der Waals surface area (Å²) < 4.78 is 0. The normalized spacial score (nSPS) is 12.8. The van der Waals surface area contributed by atoms with Crippen molar-refractivity contribution < 1.29 is 5.11 Å². The summed E-state index contributed by atoms with van der Waals surface area (Å²) in [5, 5.41) is 10.7. The van der Waals surface area contributed by atoms with Gasteiger partial charge >= 0.3 is 0 Å². The molecule has 0 amide bonds. The van der Waals surface area contributed by atoms with E-state index in [4.69, 9.17) is 11.6 Å². The summed E-state index contributed by atoms with van der Waals surface area (Å²) in [5.41, 5.74) is 1.88. The van der Waals surface area contributed by atoms with Crippen molar-refractivity contribution in [3.8, 4) is 11.8 Å². The molecule has 1 nitrogen and oxygen atoms in total. The van der Waals surface area contributed by atoms with E-state index in [1.165, 1.54) is 0 Å². The van der Waals surface area contributed by atoms with Gasteiger partial charge in [-0.05, 0) is 51.0 Å². The number of hydrogen-bond acceptors (Lipinski definition) is 1. The third-order valence-electron chi connectivity index (χ3n) is 2.36. The molecule has 17 heavy (non-hydrogen) atoms. The summed E-state index contributed by atoms with van der Waals surface area (Å²) in [5.74, 6) is 6.14. The lowest BCUT2D eigenvalue weighted by atomic mass is 9.96. The molecule has 1 unspecified atom stereocenters. The first-order valence-corrected chi connectivity index (χ1v) is 6.11. The van der Waals surface area contributed by atoms with E-state index in [9.17, 15) is 5.11 Å². The lowest BCUT2D eigenvalue weighted by Gasteiger charge is -2.12. The molecular formula is C15H19ClO. The van der Waals surface area contributed by atoms with E-state index in [1.54, 1.807) is 6.07 Å². The second-order valence-electron chi connectivity index (χ2n) is 5.27. The summed E-state index contributed by atoms with van der Waals surface area (Å²) in [6.07, 6.45) is -0.123. The summed E-state index contributed by atoms with van der Waals surface area (Å²) in [6.45, 7) is 8.12. The third-order valence-corrected chi connectivity index (χ3v) is 2.59. The zero-order chi connectivity index (χ0) is 13.1. The highest BCUT2D eigenvalue weighted by molar-refractivity contribution is 6.30. The molecule has 92 valence electrons. The molecule has 0 aliphatic heterocycles. The smallest absolute Gasteiger partial charge is 0.0902 e. The number of aliphatic hydroxyl groups excluding tert-OH is 1. The van der Waals surface area contributed by atoms with Crippen molar-refractivity contribution in [2.45, 2.75) is 40.2 Å². The maximum atomic E-state index is 10.1. The molecule has 0 bridgehead atoms. The van der Waals surface area contributed by atoms with E-state index in [-0.39, 0.29) is 5.41 Å². The predicted octanol–water partition coefficient (Wildman–Crippen LogP) is 4.12. The highest BCUT2D eigenvalue weighted by Crippen LogP contribution is 2.24. The summed E-state index contributed by atoms with van der Waals surface area (Å²) in [6, 6.07) is 5.55. The van der Waals surface area contributed by atoms with E-state index < -0.39 is 6.10 Å². The maximum absolute atomic E-state index is 10.1. The van der Waals surface area contributed by atoms with Crippen LogP contribution >= 0.6 is 11.6 Å². The van der Waals surface area contributed by atoms with Crippen molar-refractivity contribution in [1.29, 1.82) is 0 Å². The topological polar surface area (TPSA) is 20.2 Å². The third kappa shape index (κ3) is 4.81. The van der Waals surface area contributed by atoms with Gasteiger partial charge in [0.15, 0.2) is 0 Å². The average Bonchev–Trinajstić information content (AvgIpc) is 2.19. The zero-order valence-corrected chi connectivity index (χ0v) is 11.6. The first kappa shape index (κ1) is 14.1. The summed E-state index contributed by atoms with van der Waals surface area (Å²) >= 11 is 5.92. The van der Waals surface area contributed by atoms with Crippen molar-refractivity contribution in [1.82, 2.24) is 0 Å². The van der Waals surface area contributed by atoms with Crippen LogP contribution in [0.5, 0.6) is 0 Å². The van der Waals surface area contributed by atoms with E-state index in [0.29, 0.717) is 11.4 Å². The fourth-order valence-electron chi connectivity index (χ4n) is 1.49. The number of aryl methyl sites for hydroxylation is 1. The molecule has 1 N–H and O–H groups in total. The van der Waals surface area contributed by atoms with E-state index >= 15 is 0 Å². The Hall–Kier alpha value is -0.970. The van der Waals surface area contributed by atoms with Crippen molar-refractivity contribution in [3.63, 3.8) is 0 Å². The fourth-order valence-corrected chi connectivity index (χ4v) is 1.67. The van der Waals surface area contributed by atoms with E-state index in [0.717, 1.165) is 11.1 Å². The molecular weight excluding hydrogens is 232 g/mol. The van der Waals surface area contributed by atoms with Gasteiger partial charge in [0, 0.05) is 16.9 Å². The first-order valence-electron chi connectivity index (χ1n) is 5.74. The average molecular weight is 251 g/mol. The largest absolute Gasteiger partial charge is 0.387 e. The van der Waals surface area contributed by atoms with Crippen LogP contribution < -0.4 is 0 Å². The van der Waals surface area contributed by atoms with Gasteiger partial charge in [-0.3, -0.25) is 0 Å². The molecule has 0 spiro atoms. The van der Waals surface area contributed by atoms with Crippen LogP contribution in [0.3, 0.4) is 0 Å². The SMILES string of the molecule is Cc1ccc(Cl)cc1C(O)CC#CC(C)(C)C. The van der Waals surface area contributed by atoms with Crippen molar-refractivity contribution in [3.05, 3.63) is 34.3 Å². The van der Waals surface area contributed by atoms with Gasteiger partial charge in [-0.25, -0.2) is 0 Å². The van der Waals surface area contributed by atoms with Gasteiger partial charge in [0.05, 0.1) is 6.10 Å². The Labute approximate surface area is 109 Å². The summed E-state index contributed by atoms with van der Waals surface area (Å²) in [4.78, 5) is 0. The number of hydrogen-bond donors (Lipinski definition) is 1. The molecule has 0 saturated heterocycles. The van der Waals surface area contributed by atoms with Crippen LogP contribution in [-0.4, -0.2) is 5.11 Å². The van der Waals surface area contributed by atoms with E-state index in [1.807, 2.05) is 19.1 Å². The number of rotatable bonds is 2. The quantitative estimate of drug-likeness (QED) is 0.783. The monoisotopic (exact) mass is 250 g/mol. The van der Waals surface area contributed by atoms with Gasteiger partial charge in [-0.1, -0.05) is 29.5 Å². The van der Waals surface area contributed by atoms with Crippen molar-refractivity contribution in [2.24, 2.45) is 5.41 Å². The van der Waals surface area contributed by atoms with Crippen LogP contribution in [0.4, 0.5) is 0 Å². The molecule has 0 heterocycles. The van der Waals surface area contributed by atoms with Crippen LogP contribution in [0, 0.1) is 24.2 Å². The van der Waals surface area contributed by atoms with Gasteiger partial charge in [0.1, 0.15) is 0 Å². The Morgan fingerprint density at radius 3 is 2.59 bits per heavy atom. The molecule has 0 aliphatic rings. The van der Waals surface area contributed by atoms with Crippen LogP contribution in [0.1, 0.15) is 44.4 Å². The molecule has 1 aromatic carbocycles. The molecule has 0 aliphatic carbocycles. The number of aliphatic hydroxyl groups is 1. The maximum Gasteiger partial charge on any atom is 0.0902 e. The molecule has 0 saturated carbocycles. The Kier molecular flexibility index (Phi) is 4.62. The lowest BCUT2D eigenvalue weighted by Crippen LogP contribution is -2.02. The molecule has 1 aromatic rings. The van der Waals surface area contributed by atoms with Crippen LogP contribution in [0.15, 0.2) is 18.2 Å². The highest BCUT2D eigenvalue weighted by atomic mass is 35.5. The van der Waals surface area contributed by atoms with Crippen molar-refractivity contribution in [2.75, 3.05) is 0 Å². The Balaban J connectivity index is 2.79. The number of halogens is 1. The minimum absolute atomic E-state index is 0.0247. The van der Waals surface area contributed by atoms with Gasteiger partial charge in [-0.15, -0.1) is 0 Å². The molecule has 0 fully saturated rings. The minimum Gasteiger partial charge on any atom is -0.387 e. The summed E-state index contributed by atoms with van der Waals surface area (Å²) in [7, 11) is 0.